The Morgan fingerprint density at radius 3 is 2.80 bits per heavy atom. The van der Waals surface area contributed by atoms with Crippen molar-refractivity contribution in [3.8, 4) is 0 Å². The molecule has 1 aromatic heterocycles. The molecule has 1 aliphatic heterocycles. The van der Waals surface area contributed by atoms with Crippen molar-refractivity contribution in [1.29, 1.82) is 0 Å². The van der Waals surface area contributed by atoms with Crippen LogP contribution in [-0.2, 0) is 10.0 Å². The number of benzene rings is 1. The fraction of sp³-hybridized carbons (Fsp3) is 0.0769. The van der Waals surface area contributed by atoms with Crippen molar-refractivity contribution >= 4 is 21.8 Å². The van der Waals surface area contributed by atoms with Crippen molar-refractivity contribution in [3.05, 3.63) is 54.1 Å². The Labute approximate surface area is 116 Å². The summed E-state index contributed by atoms with van der Waals surface area (Å²) in [6.45, 7) is 0. The Bertz CT molecular complexity index is 772. The summed E-state index contributed by atoms with van der Waals surface area (Å²) in [5.41, 5.74) is 2.40. The molecule has 2 aromatic rings. The Morgan fingerprint density at radius 1 is 1.25 bits per heavy atom. The molecule has 1 aliphatic rings. The molecular formula is C13H12N4O2S. The lowest BCUT2D eigenvalue weighted by atomic mass is 10.0. The zero-order valence-corrected chi connectivity index (χ0v) is 11.2. The van der Waals surface area contributed by atoms with Gasteiger partial charge in [-0.3, -0.25) is 9.97 Å². The van der Waals surface area contributed by atoms with Crippen LogP contribution in [0.2, 0.25) is 0 Å². The molecule has 7 heteroatoms. The molecule has 1 atom stereocenters. The molecule has 0 spiro atoms. The zero-order valence-electron chi connectivity index (χ0n) is 10.4. The van der Waals surface area contributed by atoms with Gasteiger partial charge in [0, 0.05) is 18.1 Å². The fourth-order valence-corrected chi connectivity index (χ4v) is 2.60. The topological polar surface area (TPSA) is 98.0 Å². The first-order valence-corrected chi connectivity index (χ1v) is 7.46. The number of fused-ring (bicyclic) bond motifs is 1. The Balaban J connectivity index is 1.95. The summed E-state index contributed by atoms with van der Waals surface area (Å²) in [5, 5.41) is 8.38. The third-order valence-electron chi connectivity index (χ3n) is 3.03. The molecule has 0 saturated heterocycles. The highest BCUT2D eigenvalue weighted by molar-refractivity contribution is 7.89. The monoisotopic (exact) mass is 288 g/mol. The molecule has 0 bridgehead atoms. The predicted molar refractivity (Wildman–Crippen MR) is 75.2 cm³/mol. The zero-order chi connectivity index (χ0) is 14.2. The van der Waals surface area contributed by atoms with Crippen molar-refractivity contribution in [2.45, 2.75) is 10.9 Å². The van der Waals surface area contributed by atoms with Gasteiger partial charge < -0.3 is 5.32 Å². The number of primary sulfonamides is 1. The van der Waals surface area contributed by atoms with Gasteiger partial charge in [-0.25, -0.2) is 13.6 Å². The van der Waals surface area contributed by atoms with Crippen LogP contribution in [0.1, 0.15) is 17.3 Å². The maximum absolute atomic E-state index is 11.3. The molecule has 3 rings (SSSR count). The lowest BCUT2D eigenvalue weighted by Crippen LogP contribution is -2.16. The molecule has 1 unspecified atom stereocenters. The first-order valence-electron chi connectivity index (χ1n) is 5.91. The summed E-state index contributed by atoms with van der Waals surface area (Å²) >= 11 is 0. The van der Waals surface area contributed by atoms with Crippen molar-refractivity contribution in [3.63, 3.8) is 0 Å². The first kappa shape index (κ1) is 12.8. The van der Waals surface area contributed by atoms with E-state index in [9.17, 15) is 8.42 Å². The minimum atomic E-state index is -3.69. The molecule has 0 amide bonds. The third kappa shape index (κ3) is 2.40. The second kappa shape index (κ2) is 4.69. The molecule has 0 saturated carbocycles. The van der Waals surface area contributed by atoms with Gasteiger partial charge in [-0.2, -0.15) is 0 Å². The number of sulfonamides is 1. The number of rotatable bonds is 2. The predicted octanol–water partition coefficient (Wildman–Crippen LogP) is 1.30. The van der Waals surface area contributed by atoms with E-state index >= 15 is 0 Å². The SMILES string of the molecule is NS(=O)(=O)c1ccc2c(c1)C=CC(c1cnccn1)N2. The molecule has 20 heavy (non-hydrogen) atoms. The highest BCUT2D eigenvalue weighted by Gasteiger charge is 2.17. The number of nitrogens with one attached hydrogen (secondary N) is 1. The Kier molecular flexibility index (Phi) is 3.00. The standard InChI is InChI=1S/C13H12N4O2S/c14-20(18,19)10-2-4-11-9(7-10)1-3-12(17-11)13-8-15-5-6-16-13/h1-8,12,17H,(H2,14,18,19). The van der Waals surface area contributed by atoms with E-state index in [1.165, 1.54) is 6.07 Å². The largest absolute Gasteiger partial charge is 0.373 e. The Morgan fingerprint density at radius 2 is 2.10 bits per heavy atom. The molecule has 0 radical (unpaired) electrons. The van der Waals surface area contributed by atoms with E-state index < -0.39 is 10.0 Å². The van der Waals surface area contributed by atoms with Crippen LogP contribution in [0, 0.1) is 0 Å². The average Bonchev–Trinajstić information content (AvgIpc) is 2.46. The van der Waals surface area contributed by atoms with Gasteiger partial charge in [0.25, 0.3) is 0 Å². The van der Waals surface area contributed by atoms with Gasteiger partial charge in [0.2, 0.25) is 10.0 Å². The number of hydrogen-bond acceptors (Lipinski definition) is 5. The molecule has 102 valence electrons. The van der Waals surface area contributed by atoms with Crippen molar-refractivity contribution in [1.82, 2.24) is 9.97 Å². The molecule has 2 heterocycles. The summed E-state index contributed by atoms with van der Waals surface area (Å²) in [6, 6.07) is 4.63. The van der Waals surface area contributed by atoms with Gasteiger partial charge >= 0.3 is 0 Å². The van der Waals surface area contributed by atoms with Crippen LogP contribution >= 0.6 is 0 Å². The number of nitrogens with zero attached hydrogens (tertiary/aromatic N) is 2. The maximum atomic E-state index is 11.3. The lowest BCUT2D eigenvalue weighted by molar-refractivity contribution is 0.598. The summed E-state index contributed by atoms with van der Waals surface area (Å²) in [4.78, 5) is 8.37. The van der Waals surface area contributed by atoms with Crippen molar-refractivity contribution in [2.24, 2.45) is 5.14 Å². The van der Waals surface area contributed by atoms with Gasteiger partial charge in [0.05, 0.1) is 22.8 Å². The van der Waals surface area contributed by atoms with Gasteiger partial charge in [0.1, 0.15) is 0 Å². The van der Waals surface area contributed by atoms with Crippen molar-refractivity contribution in [2.75, 3.05) is 5.32 Å². The van der Waals surface area contributed by atoms with Gasteiger partial charge in [-0.15, -0.1) is 0 Å². The lowest BCUT2D eigenvalue weighted by Gasteiger charge is -2.22. The fourth-order valence-electron chi connectivity index (χ4n) is 2.05. The van der Waals surface area contributed by atoms with Crippen LogP contribution in [-0.4, -0.2) is 18.4 Å². The van der Waals surface area contributed by atoms with E-state index in [-0.39, 0.29) is 10.9 Å². The second-order valence-electron chi connectivity index (χ2n) is 4.41. The molecular weight excluding hydrogens is 276 g/mol. The van der Waals surface area contributed by atoms with Gasteiger partial charge in [-0.05, 0) is 23.8 Å². The van der Waals surface area contributed by atoms with E-state index in [0.29, 0.717) is 0 Å². The smallest absolute Gasteiger partial charge is 0.238 e. The van der Waals surface area contributed by atoms with Gasteiger partial charge in [0.15, 0.2) is 0 Å². The maximum Gasteiger partial charge on any atom is 0.238 e. The average molecular weight is 288 g/mol. The van der Waals surface area contributed by atoms with Crippen LogP contribution in [0.5, 0.6) is 0 Å². The van der Waals surface area contributed by atoms with E-state index in [1.807, 2.05) is 12.2 Å². The number of aromatic nitrogens is 2. The summed E-state index contributed by atoms with van der Waals surface area (Å²) in [5.74, 6) is 0. The molecule has 6 nitrogen and oxygen atoms in total. The molecule has 1 aromatic carbocycles. The van der Waals surface area contributed by atoms with E-state index in [0.717, 1.165) is 16.9 Å². The normalized spacial score (nSPS) is 17.4. The van der Waals surface area contributed by atoms with E-state index in [1.54, 1.807) is 30.7 Å². The quantitative estimate of drug-likeness (QED) is 0.868. The molecule has 0 fully saturated rings. The highest BCUT2D eigenvalue weighted by Crippen LogP contribution is 2.30. The summed E-state index contributed by atoms with van der Waals surface area (Å²) in [7, 11) is -3.69. The number of hydrogen-bond donors (Lipinski definition) is 2. The second-order valence-corrected chi connectivity index (χ2v) is 5.97. The number of anilines is 1. The van der Waals surface area contributed by atoms with Crippen LogP contribution in [0.25, 0.3) is 6.08 Å². The Hall–Kier alpha value is -2.25. The van der Waals surface area contributed by atoms with Crippen LogP contribution in [0.15, 0.2) is 47.8 Å². The third-order valence-corrected chi connectivity index (χ3v) is 3.94. The van der Waals surface area contributed by atoms with Gasteiger partial charge in [-0.1, -0.05) is 12.2 Å². The molecule has 0 aliphatic carbocycles. The van der Waals surface area contributed by atoms with Crippen LogP contribution in [0.3, 0.4) is 0 Å². The van der Waals surface area contributed by atoms with E-state index in [2.05, 4.69) is 15.3 Å². The van der Waals surface area contributed by atoms with Crippen LogP contribution < -0.4 is 10.5 Å². The first-order chi connectivity index (χ1) is 9.54. The highest BCUT2D eigenvalue weighted by atomic mass is 32.2. The number of nitrogens with two attached hydrogens (primary N) is 1. The molecule has 3 N–H and O–H groups in total. The minimum Gasteiger partial charge on any atom is -0.373 e. The summed E-state index contributed by atoms with van der Waals surface area (Å²) in [6.07, 6.45) is 8.68. The van der Waals surface area contributed by atoms with Crippen LogP contribution in [0.4, 0.5) is 5.69 Å². The van der Waals surface area contributed by atoms with Crippen molar-refractivity contribution < 1.29 is 8.42 Å². The summed E-state index contributed by atoms with van der Waals surface area (Å²) < 4.78 is 22.6. The van der Waals surface area contributed by atoms with E-state index in [4.69, 9.17) is 5.14 Å². The minimum absolute atomic E-state index is 0.0865.